The lowest BCUT2D eigenvalue weighted by molar-refractivity contribution is -0.137. The maximum absolute atomic E-state index is 13.5. The van der Waals surface area contributed by atoms with Crippen LogP contribution in [0.15, 0.2) is 78.0 Å². The Labute approximate surface area is 223 Å². The van der Waals surface area contributed by atoms with Gasteiger partial charge in [0.05, 0.1) is 28.6 Å². The van der Waals surface area contributed by atoms with E-state index in [1.165, 1.54) is 24.3 Å². The molecule has 2 N–H and O–H groups in total. The molecule has 0 unspecified atom stereocenters. The van der Waals surface area contributed by atoms with E-state index in [1.807, 2.05) is 0 Å². The van der Waals surface area contributed by atoms with E-state index in [9.17, 15) is 27.2 Å². The van der Waals surface area contributed by atoms with Gasteiger partial charge < -0.3 is 10.6 Å². The van der Waals surface area contributed by atoms with Crippen LogP contribution >= 0.6 is 23.4 Å². The standard InChI is InChI=1S/C25H18ClF4N5O2S/c26-19-11-6-16(25(28,29)30)12-20(19)32-22(36)14-38-24-34-33-21(35(24)18-9-7-17(27)8-10-18)13-31-23(37)15-4-2-1-3-5-15/h1-12H,13-14H2,(H,31,37)(H,32,36). The third kappa shape index (κ3) is 6.69. The average Bonchev–Trinajstić information content (AvgIpc) is 3.30. The quantitative estimate of drug-likeness (QED) is 0.211. The number of carbonyl (C=O) groups is 2. The molecule has 2 amide bonds. The first-order chi connectivity index (χ1) is 18.1. The van der Waals surface area contributed by atoms with Crippen LogP contribution in [0.3, 0.4) is 0 Å². The molecule has 0 aliphatic heterocycles. The van der Waals surface area contributed by atoms with Crippen molar-refractivity contribution in [3.8, 4) is 5.69 Å². The number of halogens is 5. The summed E-state index contributed by atoms with van der Waals surface area (Å²) in [6, 6.07) is 16.6. The number of rotatable bonds is 8. The number of nitrogens with zero attached hydrogens (tertiary/aromatic N) is 3. The van der Waals surface area contributed by atoms with E-state index in [2.05, 4.69) is 20.8 Å². The van der Waals surface area contributed by atoms with Crippen molar-refractivity contribution >= 4 is 40.9 Å². The molecule has 0 saturated carbocycles. The first-order valence-corrected chi connectivity index (χ1v) is 12.3. The molecule has 0 spiro atoms. The van der Waals surface area contributed by atoms with Crippen molar-refractivity contribution in [3.05, 3.63) is 101 Å². The van der Waals surface area contributed by atoms with Crippen molar-refractivity contribution in [1.29, 1.82) is 0 Å². The van der Waals surface area contributed by atoms with Crippen molar-refractivity contribution < 1.29 is 27.2 Å². The summed E-state index contributed by atoms with van der Waals surface area (Å²) in [4.78, 5) is 25.0. The summed E-state index contributed by atoms with van der Waals surface area (Å²) >= 11 is 6.90. The molecule has 0 saturated heterocycles. The summed E-state index contributed by atoms with van der Waals surface area (Å²) in [6.07, 6.45) is -4.60. The number of hydrogen-bond donors (Lipinski definition) is 2. The maximum atomic E-state index is 13.5. The fraction of sp³-hybridized carbons (Fsp3) is 0.120. The predicted molar refractivity (Wildman–Crippen MR) is 135 cm³/mol. The minimum atomic E-state index is -4.60. The van der Waals surface area contributed by atoms with Crippen molar-refractivity contribution in [2.75, 3.05) is 11.1 Å². The number of hydrogen-bond acceptors (Lipinski definition) is 5. The van der Waals surface area contributed by atoms with Gasteiger partial charge in [-0.2, -0.15) is 13.2 Å². The summed E-state index contributed by atoms with van der Waals surface area (Å²) in [5, 5.41) is 13.5. The summed E-state index contributed by atoms with van der Waals surface area (Å²) in [6.45, 7) is -0.0231. The topological polar surface area (TPSA) is 88.9 Å². The lowest BCUT2D eigenvalue weighted by atomic mass is 10.2. The van der Waals surface area contributed by atoms with Crippen LogP contribution in [0.5, 0.6) is 0 Å². The lowest BCUT2D eigenvalue weighted by Gasteiger charge is -2.12. The number of amides is 2. The molecule has 7 nitrogen and oxygen atoms in total. The number of nitrogens with one attached hydrogen (secondary N) is 2. The molecule has 0 aliphatic carbocycles. The second-order valence-corrected chi connectivity index (χ2v) is 9.14. The predicted octanol–water partition coefficient (Wildman–Crippen LogP) is 5.74. The Morgan fingerprint density at radius 3 is 2.37 bits per heavy atom. The van der Waals surface area contributed by atoms with E-state index in [4.69, 9.17) is 11.6 Å². The third-order valence-corrected chi connectivity index (χ3v) is 6.39. The summed E-state index contributed by atoms with van der Waals surface area (Å²) in [7, 11) is 0. The van der Waals surface area contributed by atoms with Crippen LogP contribution in [0.4, 0.5) is 23.2 Å². The van der Waals surface area contributed by atoms with E-state index in [0.29, 0.717) is 17.1 Å². The van der Waals surface area contributed by atoms with Gasteiger partial charge in [0.1, 0.15) is 5.82 Å². The van der Waals surface area contributed by atoms with Gasteiger partial charge in [-0.1, -0.05) is 41.6 Å². The SMILES string of the molecule is O=C(CSc1nnc(CNC(=O)c2ccccc2)n1-c1ccc(F)cc1)Nc1cc(C(F)(F)F)ccc1Cl. The highest BCUT2D eigenvalue weighted by atomic mass is 35.5. The second kappa shape index (κ2) is 11.7. The first-order valence-electron chi connectivity index (χ1n) is 10.9. The van der Waals surface area contributed by atoms with Crippen molar-refractivity contribution in [1.82, 2.24) is 20.1 Å². The van der Waals surface area contributed by atoms with Gasteiger partial charge in [-0.3, -0.25) is 14.2 Å². The van der Waals surface area contributed by atoms with Crippen molar-refractivity contribution in [2.24, 2.45) is 0 Å². The number of carbonyl (C=O) groups excluding carboxylic acids is 2. The van der Waals surface area contributed by atoms with Crippen LogP contribution in [0.2, 0.25) is 5.02 Å². The summed E-state index contributed by atoms with van der Waals surface area (Å²) < 4.78 is 54.1. The summed E-state index contributed by atoms with van der Waals surface area (Å²) in [5.41, 5.74) is -0.219. The Hall–Kier alpha value is -3.90. The molecular formula is C25H18ClF4N5O2S. The molecule has 4 aromatic rings. The molecule has 0 atom stereocenters. The smallest absolute Gasteiger partial charge is 0.345 e. The normalized spacial score (nSPS) is 11.3. The van der Waals surface area contributed by atoms with Crippen LogP contribution in [-0.4, -0.2) is 32.3 Å². The van der Waals surface area contributed by atoms with Gasteiger partial charge in [-0.15, -0.1) is 10.2 Å². The molecule has 196 valence electrons. The van der Waals surface area contributed by atoms with Gasteiger partial charge in [-0.05, 0) is 54.6 Å². The van der Waals surface area contributed by atoms with Gasteiger partial charge in [0.25, 0.3) is 5.91 Å². The molecule has 4 rings (SSSR count). The molecule has 0 aliphatic rings. The molecular weight excluding hydrogens is 546 g/mol. The van der Waals surface area contributed by atoms with Crippen molar-refractivity contribution in [2.45, 2.75) is 17.9 Å². The third-order valence-electron chi connectivity index (χ3n) is 5.13. The first kappa shape index (κ1) is 27.1. The maximum Gasteiger partial charge on any atom is 0.416 e. The zero-order chi connectivity index (χ0) is 27.3. The van der Waals surface area contributed by atoms with Gasteiger partial charge in [-0.25, -0.2) is 4.39 Å². The molecule has 13 heteroatoms. The van der Waals surface area contributed by atoms with Crippen LogP contribution in [0.1, 0.15) is 21.7 Å². The molecule has 0 radical (unpaired) electrons. The van der Waals surface area contributed by atoms with Crippen LogP contribution in [0.25, 0.3) is 5.69 Å². The van der Waals surface area contributed by atoms with Crippen LogP contribution in [0, 0.1) is 5.82 Å². The van der Waals surface area contributed by atoms with Crippen LogP contribution in [-0.2, 0) is 17.5 Å². The fourth-order valence-electron chi connectivity index (χ4n) is 3.32. The van der Waals surface area contributed by atoms with Gasteiger partial charge in [0, 0.05) is 11.3 Å². The fourth-order valence-corrected chi connectivity index (χ4v) is 4.26. The summed E-state index contributed by atoms with van der Waals surface area (Å²) in [5.74, 6) is -1.38. The molecule has 0 bridgehead atoms. The van der Waals surface area contributed by atoms with Gasteiger partial charge in [0.2, 0.25) is 5.91 Å². The molecule has 1 aromatic heterocycles. The highest BCUT2D eigenvalue weighted by molar-refractivity contribution is 7.99. The zero-order valence-corrected chi connectivity index (χ0v) is 20.9. The zero-order valence-electron chi connectivity index (χ0n) is 19.3. The van der Waals surface area contributed by atoms with Crippen LogP contribution < -0.4 is 10.6 Å². The Bertz CT molecular complexity index is 1450. The minimum Gasteiger partial charge on any atom is -0.345 e. The monoisotopic (exact) mass is 563 g/mol. The number of benzene rings is 3. The Balaban J connectivity index is 1.50. The molecule has 38 heavy (non-hydrogen) atoms. The average molecular weight is 564 g/mol. The lowest BCUT2D eigenvalue weighted by Crippen LogP contribution is -2.24. The van der Waals surface area contributed by atoms with E-state index >= 15 is 0 Å². The minimum absolute atomic E-state index is 0.0231. The van der Waals surface area contributed by atoms with E-state index in [0.717, 1.165) is 30.0 Å². The molecule has 0 fully saturated rings. The van der Waals surface area contributed by atoms with Crippen molar-refractivity contribution in [3.63, 3.8) is 0 Å². The second-order valence-electron chi connectivity index (χ2n) is 7.79. The largest absolute Gasteiger partial charge is 0.416 e. The Morgan fingerprint density at radius 1 is 0.974 bits per heavy atom. The van der Waals surface area contributed by atoms with E-state index in [-0.39, 0.29) is 34.1 Å². The molecule has 1 heterocycles. The van der Waals surface area contributed by atoms with E-state index in [1.54, 1.807) is 34.9 Å². The highest BCUT2D eigenvalue weighted by Gasteiger charge is 2.31. The van der Waals surface area contributed by atoms with E-state index < -0.39 is 23.5 Å². The van der Waals surface area contributed by atoms with Gasteiger partial charge >= 0.3 is 6.18 Å². The highest BCUT2D eigenvalue weighted by Crippen LogP contribution is 2.34. The molecule has 3 aromatic carbocycles. The number of alkyl halides is 3. The van der Waals surface area contributed by atoms with Gasteiger partial charge in [0.15, 0.2) is 11.0 Å². The number of aromatic nitrogens is 3. The number of thioether (sulfide) groups is 1. The number of anilines is 1. The Morgan fingerprint density at radius 2 is 1.68 bits per heavy atom. The Kier molecular flexibility index (Phi) is 8.32.